The van der Waals surface area contributed by atoms with Crippen LogP contribution in [-0.2, 0) is 10.9 Å². The smallest absolute Gasteiger partial charge is 0.380 e. The number of alkyl halides is 3. The van der Waals surface area contributed by atoms with E-state index in [9.17, 15) is 18.0 Å². The molecular formula is C22H29BrF3N5O2. The lowest BCUT2D eigenvalue weighted by Crippen LogP contribution is -2.55. The Morgan fingerprint density at radius 3 is 2.61 bits per heavy atom. The Morgan fingerprint density at radius 2 is 2.00 bits per heavy atom. The van der Waals surface area contributed by atoms with Crippen molar-refractivity contribution in [3.63, 3.8) is 0 Å². The lowest BCUT2D eigenvalue weighted by Gasteiger charge is -2.52. The molecule has 4 unspecified atom stereocenters. The van der Waals surface area contributed by atoms with E-state index in [2.05, 4.69) is 45.7 Å². The van der Waals surface area contributed by atoms with Crippen LogP contribution in [0, 0.1) is 17.3 Å². The molecule has 0 spiro atoms. The van der Waals surface area contributed by atoms with Crippen LogP contribution in [0.15, 0.2) is 27.7 Å². The highest BCUT2D eigenvalue weighted by molar-refractivity contribution is 9.10. The van der Waals surface area contributed by atoms with Crippen LogP contribution < -0.4 is 16.5 Å². The number of rotatable bonds is 4. The third-order valence-electron chi connectivity index (χ3n) is 7.75. The Labute approximate surface area is 198 Å². The van der Waals surface area contributed by atoms with Crippen molar-refractivity contribution in [1.82, 2.24) is 24.7 Å². The van der Waals surface area contributed by atoms with Gasteiger partial charge in [-0.25, -0.2) is 15.6 Å². The molecule has 0 radical (unpaired) electrons. The van der Waals surface area contributed by atoms with Crippen LogP contribution in [-0.4, -0.2) is 47.0 Å². The number of hydrazine groups is 1. The molecular weight excluding hydrogens is 503 g/mol. The van der Waals surface area contributed by atoms with Crippen LogP contribution >= 0.6 is 15.9 Å². The predicted molar refractivity (Wildman–Crippen MR) is 120 cm³/mol. The van der Waals surface area contributed by atoms with E-state index in [-0.39, 0.29) is 27.6 Å². The average Bonchev–Trinajstić information content (AvgIpc) is 3.26. The second kappa shape index (κ2) is 8.37. The second-order valence-electron chi connectivity index (χ2n) is 10.1. The first-order valence-electron chi connectivity index (χ1n) is 11.3. The minimum atomic E-state index is -4.54. The van der Waals surface area contributed by atoms with Crippen molar-refractivity contribution in [2.75, 3.05) is 26.9 Å². The van der Waals surface area contributed by atoms with Crippen LogP contribution in [0.4, 0.5) is 13.2 Å². The van der Waals surface area contributed by atoms with E-state index in [1.165, 1.54) is 17.0 Å². The summed E-state index contributed by atoms with van der Waals surface area (Å²) in [6.07, 6.45) is 1.98. The molecule has 0 amide bonds. The van der Waals surface area contributed by atoms with Crippen LogP contribution in [0.5, 0.6) is 0 Å². The van der Waals surface area contributed by atoms with Gasteiger partial charge in [-0.3, -0.25) is 13.9 Å². The molecule has 1 saturated carbocycles. The number of halogens is 4. The third-order valence-corrected chi connectivity index (χ3v) is 8.18. The van der Waals surface area contributed by atoms with Gasteiger partial charge in [-0.1, -0.05) is 6.92 Å². The Balaban J connectivity index is 1.47. The molecule has 3 aliphatic rings. The Bertz CT molecular complexity index is 1100. The first-order chi connectivity index (χ1) is 15.6. The summed E-state index contributed by atoms with van der Waals surface area (Å²) in [5, 5.41) is 0. The SMILES string of the molecule is CC1CC(n2cc3c(C(F)(F)F)cc(Br)cn3c2=O)CC(C2(CC3NNCN3C)COC2)C1. The van der Waals surface area contributed by atoms with Gasteiger partial charge in [-0.05, 0) is 66.6 Å². The molecule has 33 heavy (non-hydrogen) atoms. The van der Waals surface area contributed by atoms with E-state index >= 15 is 0 Å². The van der Waals surface area contributed by atoms with Crippen molar-refractivity contribution >= 4 is 21.4 Å². The van der Waals surface area contributed by atoms with Crippen LogP contribution in [0.3, 0.4) is 0 Å². The summed E-state index contributed by atoms with van der Waals surface area (Å²) >= 11 is 3.13. The van der Waals surface area contributed by atoms with Crippen molar-refractivity contribution in [2.45, 2.75) is 51.0 Å². The number of nitrogens with one attached hydrogen (secondary N) is 2. The lowest BCUT2D eigenvalue weighted by atomic mass is 9.62. The maximum absolute atomic E-state index is 13.7. The first kappa shape index (κ1) is 23.3. The summed E-state index contributed by atoms with van der Waals surface area (Å²) in [7, 11) is 2.07. The van der Waals surface area contributed by atoms with E-state index < -0.39 is 17.4 Å². The molecule has 7 nitrogen and oxygen atoms in total. The lowest BCUT2D eigenvalue weighted by molar-refractivity contribution is -0.170. The second-order valence-corrected chi connectivity index (χ2v) is 11.0. The summed E-state index contributed by atoms with van der Waals surface area (Å²) in [5.41, 5.74) is 5.18. The fraction of sp³-hybridized carbons (Fsp3) is 0.682. The molecule has 3 fully saturated rings. The van der Waals surface area contributed by atoms with Gasteiger partial charge in [0.15, 0.2) is 0 Å². The van der Waals surface area contributed by atoms with Gasteiger partial charge in [0.25, 0.3) is 0 Å². The highest BCUT2D eigenvalue weighted by Crippen LogP contribution is 2.51. The largest absolute Gasteiger partial charge is 0.418 e. The van der Waals surface area contributed by atoms with Gasteiger partial charge in [0.1, 0.15) is 0 Å². The molecule has 182 valence electrons. The quantitative estimate of drug-likeness (QED) is 0.631. The van der Waals surface area contributed by atoms with E-state index in [4.69, 9.17) is 4.74 Å². The molecule has 11 heteroatoms. The number of imidazole rings is 1. The molecule has 4 heterocycles. The summed E-state index contributed by atoms with van der Waals surface area (Å²) in [4.78, 5) is 15.4. The summed E-state index contributed by atoms with van der Waals surface area (Å²) in [5.74, 6) is 0.696. The minimum absolute atomic E-state index is 0.00774. The zero-order chi connectivity index (χ0) is 23.5. The fourth-order valence-corrected chi connectivity index (χ4v) is 6.37. The average molecular weight is 532 g/mol. The molecule has 0 bridgehead atoms. The fourth-order valence-electron chi connectivity index (χ4n) is 5.94. The van der Waals surface area contributed by atoms with Crippen LogP contribution in [0.1, 0.15) is 44.2 Å². The highest BCUT2D eigenvalue weighted by atomic mass is 79.9. The molecule has 0 aromatic carbocycles. The number of hydrogen-bond donors (Lipinski definition) is 2. The van der Waals surface area contributed by atoms with Crippen molar-refractivity contribution in [3.05, 3.63) is 39.0 Å². The molecule has 4 atom stereocenters. The zero-order valence-corrected chi connectivity index (χ0v) is 20.2. The topological polar surface area (TPSA) is 62.9 Å². The number of hydrogen-bond acceptors (Lipinski definition) is 5. The molecule has 2 saturated heterocycles. The van der Waals surface area contributed by atoms with Crippen LogP contribution in [0.25, 0.3) is 5.52 Å². The maximum atomic E-state index is 13.7. The monoisotopic (exact) mass is 531 g/mol. The standard InChI is InChI=1S/C22H29BrF3N5O2/c1-13-3-14(21(10-33-11-21)7-19-28-27-12-29(19)2)5-16(4-13)30-9-18-17(22(24,25)26)6-15(23)8-31(18)20(30)32/h6,8-9,13-14,16,19,27-28H,3-5,7,10-12H2,1-2H3. The number of pyridine rings is 1. The number of ether oxygens (including phenoxy) is 1. The zero-order valence-electron chi connectivity index (χ0n) is 18.7. The Morgan fingerprint density at radius 1 is 1.24 bits per heavy atom. The van der Waals surface area contributed by atoms with Crippen molar-refractivity contribution in [2.24, 2.45) is 17.3 Å². The Kier molecular flexibility index (Phi) is 5.92. The van der Waals surface area contributed by atoms with Gasteiger partial charge in [0, 0.05) is 28.3 Å². The first-order valence-corrected chi connectivity index (χ1v) is 12.1. The van der Waals surface area contributed by atoms with Gasteiger partial charge in [-0.2, -0.15) is 13.2 Å². The summed E-state index contributed by atoms with van der Waals surface area (Å²) in [6, 6.07) is 0.890. The van der Waals surface area contributed by atoms with Gasteiger partial charge in [0.05, 0.1) is 37.1 Å². The summed E-state index contributed by atoms with van der Waals surface area (Å²) in [6.45, 7) is 4.31. The van der Waals surface area contributed by atoms with Gasteiger partial charge >= 0.3 is 11.9 Å². The molecule has 1 aliphatic carbocycles. The number of nitrogens with zero attached hydrogens (tertiary/aromatic N) is 3. The highest BCUT2D eigenvalue weighted by Gasteiger charge is 2.50. The number of aromatic nitrogens is 2. The van der Waals surface area contributed by atoms with E-state index in [1.54, 1.807) is 0 Å². The van der Waals surface area contributed by atoms with Crippen molar-refractivity contribution < 1.29 is 17.9 Å². The van der Waals surface area contributed by atoms with Gasteiger partial charge in [0.2, 0.25) is 0 Å². The molecule has 2 aromatic heterocycles. The molecule has 2 aromatic rings. The molecule has 2 N–H and O–H groups in total. The summed E-state index contributed by atoms with van der Waals surface area (Å²) < 4.78 is 49.6. The van der Waals surface area contributed by atoms with Crippen LogP contribution in [0.2, 0.25) is 0 Å². The van der Waals surface area contributed by atoms with E-state index in [1.807, 2.05) is 0 Å². The van der Waals surface area contributed by atoms with Gasteiger partial charge in [-0.15, -0.1) is 0 Å². The minimum Gasteiger partial charge on any atom is -0.380 e. The number of fused-ring (bicyclic) bond motifs is 1. The maximum Gasteiger partial charge on any atom is 0.418 e. The molecule has 2 aliphatic heterocycles. The normalized spacial score (nSPS) is 30.6. The third kappa shape index (κ3) is 4.16. The van der Waals surface area contributed by atoms with Crippen molar-refractivity contribution in [1.29, 1.82) is 0 Å². The Hall–Kier alpha value is -1.40. The van der Waals surface area contributed by atoms with Crippen molar-refractivity contribution in [3.8, 4) is 0 Å². The van der Waals surface area contributed by atoms with Gasteiger partial charge < -0.3 is 4.74 Å². The van der Waals surface area contributed by atoms with E-state index in [0.717, 1.165) is 42.8 Å². The van der Waals surface area contributed by atoms with E-state index in [0.29, 0.717) is 25.0 Å². The molecule has 5 rings (SSSR count). The predicted octanol–water partition coefficient (Wildman–Crippen LogP) is 3.59.